The van der Waals surface area contributed by atoms with Crippen molar-refractivity contribution in [3.05, 3.63) is 54.1 Å². The van der Waals surface area contributed by atoms with E-state index in [9.17, 15) is 0 Å². The Balaban J connectivity index is 2.37. The van der Waals surface area contributed by atoms with E-state index in [0.717, 1.165) is 27.6 Å². The lowest BCUT2D eigenvalue weighted by Gasteiger charge is -2.10. The van der Waals surface area contributed by atoms with Gasteiger partial charge in [-0.05, 0) is 24.4 Å². The van der Waals surface area contributed by atoms with E-state index in [1.54, 1.807) is 12.4 Å². The van der Waals surface area contributed by atoms with E-state index < -0.39 is 0 Å². The monoisotopic (exact) mass is 269 g/mol. The Kier molecular flexibility index (Phi) is 3.13. The van der Waals surface area contributed by atoms with Crippen LogP contribution in [-0.2, 0) is 5.88 Å². The summed E-state index contributed by atoms with van der Waals surface area (Å²) in [5.74, 6) is 0.376. The lowest BCUT2D eigenvalue weighted by Crippen LogP contribution is -1.94. The first-order valence-corrected chi connectivity index (χ1v) is 6.54. The normalized spacial score (nSPS) is 10.8. The molecule has 3 rings (SSSR count). The van der Waals surface area contributed by atoms with Crippen LogP contribution in [0.4, 0.5) is 0 Å². The zero-order chi connectivity index (χ0) is 13.2. The molecule has 1 aromatic carbocycles. The van der Waals surface area contributed by atoms with Crippen LogP contribution in [0, 0.1) is 6.92 Å². The molecule has 94 valence electrons. The van der Waals surface area contributed by atoms with Crippen molar-refractivity contribution in [1.82, 2.24) is 15.2 Å². The molecular formula is C15H12ClN3. The maximum Gasteiger partial charge on any atom is 0.0653 e. The van der Waals surface area contributed by atoms with Crippen molar-refractivity contribution in [2.45, 2.75) is 12.8 Å². The molecule has 0 radical (unpaired) electrons. The second-order valence-electron chi connectivity index (χ2n) is 4.44. The molecule has 0 bridgehead atoms. The summed E-state index contributed by atoms with van der Waals surface area (Å²) >= 11 is 6.02. The predicted molar refractivity (Wildman–Crippen MR) is 77.1 cm³/mol. The highest BCUT2D eigenvalue weighted by Gasteiger charge is 2.11. The zero-order valence-corrected chi connectivity index (χ0v) is 11.2. The first kappa shape index (κ1) is 12.1. The molecule has 0 saturated heterocycles. The minimum Gasteiger partial charge on any atom is -0.259 e. The first-order chi connectivity index (χ1) is 9.29. The molecule has 19 heavy (non-hydrogen) atoms. The highest BCUT2D eigenvalue weighted by Crippen LogP contribution is 2.31. The fraction of sp³-hybridized carbons (Fsp3) is 0.133. The Morgan fingerprint density at radius 1 is 1.11 bits per heavy atom. The third kappa shape index (κ3) is 2.17. The van der Waals surface area contributed by atoms with Gasteiger partial charge in [0.25, 0.3) is 0 Å². The third-order valence-corrected chi connectivity index (χ3v) is 3.38. The van der Waals surface area contributed by atoms with Crippen molar-refractivity contribution in [3.8, 4) is 11.1 Å². The molecule has 3 nitrogen and oxygen atoms in total. The van der Waals surface area contributed by atoms with Gasteiger partial charge in [0.15, 0.2) is 0 Å². The van der Waals surface area contributed by atoms with E-state index in [4.69, 9.17) is 11.6 Å². The third-order valence-electron chi connectivity index (χ3n) is 3.12. The molecule has 0 atom stereocenters. The number of fused-ring (bicyclic) bond motifs is 1. The number of alkyl halides is 1. The first-order valence-electron chi connectivity index (χ1n) is 6.01. The van der Waals surface area contributed by atoms with Gasteiger partial charge in [0.2, 0.25) is 0 Å². The van der Waals surface area contributed by atoms with Crippen LogP contribution in [0.5, 0.6) is 0 Å². The number of halogens is 1. The van der Waals surface area contributed by atoms with Crippen LogP contribution in [0.2, 0.25) is 0 Å². The summed E-state index contributed by atoms with van der Waals surface area (Å²) < 4.78 is 0. The van der Waals surface area contributed by atoms with Crippen molar-refractivity contribution in [3.63, 3.8) is 0 Å². The van der Waals surface area contributed by atoms with Crippen LogP contribution in [0.15, 0.2) is 42.9 Å². The van der Waals surface area contributed by atoms with Gasteiger partial charge in [-0.15, -0.1) is 11.6 Å². The number of benzene rings is 1. The van der Waals surface area contributed by atoms with Gasteiger partial charge in [0.1, 0.15) is 0 Å². The molecule has 0 aliphatic carbocycles. The molecule has 0 spiro atoms. The second kappa shape index (κ2) is 4.94. The van der Waals surface area contributed by atoms with E-state index in [2.05, 4.69) is 40.3 Å². The lowest BCUT2D eigenvalue weighted by atomic mass is 9.98. The molecule has 4 heteroatoms. The molecule has 0 fully saturated rings. The lowest BCUT2D eigenvalue weighted by molar-refractivity contribution is 1.03. The molecule has 0 N–H and O–H groups in total. The number of aromatic nitrogens is 3. The summed E-state index contributed by atoms with van der Waals surface area (Å²) in [6, 6.07) is 8.26. The van der Waals surface area contributed by atoms with Crippen molar-refractivity contribution >= 4 is 22.4 Å². The van der Waals surface area contributed by atoms with Crippen molar-refractivity contribution in [2.75, 3.05) is 0 Å². The number of hydrogen-bond acceptors (Lipinski definition) is 3. The van der Waals surface area contributed by atoms with Gasteiger partial charge in [-0.1, -0.05) is 17.7 Å². The molecule has 0 aliphatic rings. The summed E-state index contributed by atoms with van der Waals surface area (Å²) in [5.41, 5.74) is 4.12. The van der Waals surface area contributed by atoms with Crippen molar-refractivity contribution in [1.29, 1.82) is 0 Å². The Labute approximate surface area is 116 Å². The van der Waals surface area contributed by atoms with Crippen LogP contribution < -0.4 is 0 Å². The van der Waals surface area contributed by atoms with Gasteiger partial charge in [0, 0.05) is 22.7 Å². The highest BCUT2D eigenvalue weighted by molar-refractivity contribution is 6.17. The average molecular weight is 270 g/mol. The maximum atomic E-state index is 6.02. The summed E-state index contributed by atoms with van der Waals surface area (Å²) in [5, 5.41) is 10.0. The number of rotatable bonds is 2. The number of nitrogens with zero attached hydrogens (tertiary/aromatic N) is 3. The summed E-state index contributed by atoms with van der Waals surface area (Å²) in [4.78, 5) is 4.46. The molecule has 0 saturated carbocycles. The van der Waals surface area contributed by atoms with Crippen LogP contribution in [0.1, 0.15) is 11.3 Å². The SMILES string of the molecule is Cc1ccc2c(-c3ccnnc3)c(CCl)ncc2c1. The second-order valence-corrected chi connectivity index (χ2v) is 4.70. The molecule has 2 aromatic heterocycles. The number of aryl methyl sites for hydroxylation is 1. The smallest absolute Gasteiger partial charge is 0.0653 e. The predicted octanol–water partition coefficient (Wildman–Crippen LogP) is 3.74. The van der Waals surface area contributed by atoms with Crippen LogP contribution in [0.25, 0.3) is 21.9 Å². The molecule has 0 aliphatic heterocycles. The van der Waals surface area contributed by atoms with E-state index in [1.165, 1.54) is 5.56 Å². The van der Waals surface area contributed by atoms with Gasteiger partial charge in [0.05, 0.1) is 24.0 Å². The minimum absolute atomic E-state index is 0.376. The average Bonchev–Trinajstić information content (AvgIpc) is 2.46. The summed E-state index contributed by atoms with van der Waals surface area (Å²) in [6.45, 7) is 2.07. The number of pyridine rings is 1. The molecule has 2 heterocycles. The van der Waals surface area contributed by atoms with Gasteiger partial charge in [-0.25, -0.2) is 0 Å². The quantitative estimate of drug-likeness (QED) is 0.665. The van der Waals surface area contributed by atoms with Gasteiger partial charge < -0.3 is 0 Å². The molecule has 0 unspecified atom stereocenters. The van der Waals surface area contributed by atoms with Crippen LogP contribution in [-0.4, -0.2) is 15.2 Å². The fourth-order valence-corrected chi connectivity index (χ4v) is 2.45. The summed E-state index contributed by atoms with van der Waals surface area (Å²) in [6.07, 6.45) is 5.30. The van der Waals surface area contributed by atoms with E-state index in [0.29, 0.717) is 5.88 Å². The largest absolute Gasteiger partial charge is 0.259 e. The Bertz CT molecular complexity index is 726. The highest BCUT2D eigenvalue weighted by atomic mass is 35.5. The molecule has 0 amide bonds. The van der Waals surface area contributed by atoms with E-state index in [1.807, 2.05) is 12.3 Å². The molecule has 3 aromatic rings. The molecular weight excluding hydrogens is 258 g/mol. The van der Waals surface area contributed by atoms with Crippen molar-refractivity contribution in [2.24, 2.45) is 0 Å². The van der Waals surface area contributed by atoms with Crippen LogP contribution >= 0.6 is 11.6 Å². The number of hydrogen-bond donors (Lipinski definition) is 0. The maximum absolute atomic E-state index is 6.02. The zero-order valence-electron chi connectivity index (χ0n) is 10.5. The summed E-state index contributed by atoms with van der Waals surface area (Å²) in [7, 11) is 0. The minimum atomic E-state index is 0.376. The van der Waals surface area contributed by atoms with Gasteiger partial charge >= 0.3 is 0 Å². The Morgan fingerprint density at radius 2 is 2.00 bits per heavy atom. The Hall–Kier alpha value is -2.00. The van der Waals surface area contributed by atoms with Gasteiger partial charge in [-0.3, -0.25) is 4.98 Å². The van der Waals surface area contributed by atoms with Crippen LogP contribution in [0.3, 0.4) is 0 Å². The van der Waals surface area contributed by atoms with E-state index >= 15 is 0 Å². The topological polar surface area (TPSA) is 38.7 Å². The standard InChI is InChI=1S/C15H12ClN3/c1-10-2-3-13-12(6-10)8-17-14(7-16)15(13)11-4-5-18-19-9-11/h2-6,8-9H,7H2,1H3. The van der Waals surface area contributed by atoms with Crippen molar-refractivity contribution < 1.29 is 0 Å². The van der Waals surface area contributed by atoms with E-state index in [-0.39, 0.29) is 0 Å². The van der Waals surface area contributed by atoms with Gasteiger partial charge in [-0.2, -0.15) is 10.2 Å². The fourth-order valence-electron chi connectivity index (χ4n) is 2.25. The Morgan fingerprint density at radius 3 is 2.74 bits per heavy atom.